The average Bonchev–Trinajstić information content (AvgIpc) is 2.67. The Kier molecular flexibility index (Phi) is 7.28. The van der Waals surface area contributed by atoms with Gasteiger partial charge in [0.05, 0.1) is 10.6 Å². The van der Waals surface area contributed by atoms with E-state index in [9.17, 15) is 18.3 Å². The molecule has 8 heteroatoms. The standard InChI is InChI=1S/C20H26N2O5S/c1-3-12-22(28(26,27)17-9-5-4-6-10-17)18-11-7-8-16(19(18)23)13-15(2)14-21-20(24)25/h4-11,15,21,23H,3,12-14H2,1-2H3,(H,24,25)/t15-/m1/s1. The lowest BCUT2D eigenvalue weighted by Crippen LogP contribution is -2.32. The number of aromatic hydroxyl groups is 1. The molecule has 0 bridgehead atoms. The first-order chi connectivity index (χ1) is 13.3. The Balaban J connectivity index is 2.37. The average molecular weight is 407 g/mol. The quantitative estimate of drug-likeness (QED) is 0.591. The summed E-state index contributed by atoms with van der Waals surface area (Å²) in [5.74, 6) is -0.166. The molecule has 0 fully saturated rings. The molecule has 28 heavy (non-hydrogen) atoms. The zero-order valence-electron chi connectivity index (χ0n) is 16.0. The van der Waals surface area contributed by atoms with Crippen LogP contribution in [0.25, 0.3) is 0 Å². The highest BCUT2D eigenvalue weighted by molar-refractivity contribution is 7.92. The van der Waals surface area contributed by atoms with Crippen molar-refractivity contribution in [3.63, 3.8) is 0 Å². The maximum atomic E-state index is 13.1. The van der Waals surface area contributed by atoms with E-state index in [1.807, 2.05) is 13.8 Å². The molecule has 0 spiro atoms. The Morgan fingerprint density at radius 3 is 2.43 bits per heavy atom. The van der Waals surface area contributed by atoms with Gasteiger partial charge in [0.25, 0.3) is 10.0 Å². The monoisotopic (exact) mass is 406 g/mol. The normalized spacial score (nSPS) is 12.4. The molecule has 0 saturated carbocycles. The molecule has 2 aromatic rings. The molecular weight excluding hydrogens is 380 g/mol. The minimum Gasteiger partial charge on any atom is -0.505 e. The molecule has 1 atom stereocenters. The maximum absolute atomic E-state index is 13.1. The third-order valence-corrected chi connectivity index (χ3v) is 6.12. The van der Waals surface area contributed by atoms with Crippen molar-refractivity contribution in [3.8, 4) is 5.75 Å². The van der Waals surface area contributed by atoms with Crippen molar-refractivity contribution in [2.75, 3.05) is 17.4 Å². The van der Waals surface area contributed by atoms with Crippen molar-refractivity contribution < 1.29 is 23.4 Å². The Hall–Kier alpha value is -2.74. The fraction of sp³-hybridized carbons (Fsp3) is 0.350. The number of phenolic OH excluding ortho intramolecular Hbond substituents is 1. The van der Waals surface area contributed by atoms with Crippen molar-refractivity contribution in [2.24, 2.45) is 5.92 Å². The van der Waals surface area contributed by atoms with Crippen LogP contribution in [-0.4, -0.2) is 37.8 Å². The Bertz CT molecular complexity index is 900. The molecule has 2 rings (SSSR count). The van der Waals surface area contributed by atoms with Gasteiger partial charge < -0.3 is 15.5 Å². The molecule has 0 unspecified atom stereocenters. The number of carbonyl (C=O) groups is 1. The highest BCUT2D eigenvalue weighted by atomic mass is 32.2. The lowest BCUT2D eigenvalue weighted by Gasteiger charge is -2.26. The first-order valence-electron chi connectivity index (χ1n) is 9.12. The second-order valence-corrected chi connectivity index (χ2v) is 8.53. The van der Waals surface area contributed by atoms with Gasteiger partial charge in [0.15, 0.2) is 0 Å². The van der Waals surface area contributed by atoms with Gasteiger partial charge in [-0.15, -0.1) is 0 Å². The Morgan fingerprint density at radius 2 is 1.82 bits per heavy atom. The number of sulfonamides is 1. The van der Waals surface area contributed by atoms with Gasteiger partial charge in [0.2, 0.25) is 0 Å². The Labute approximate surface area is 165 Å². The molecule has 0 aromatic heterocycles. The second kappa shape index (κ2) is 9.45. The smallest absolute Gasteiger partial charge is 0.404 e. The van der Waals surface area contributed by atoms with Crippen molar-refractivity contribution in [2.45, 2.75) is 31.6 Å². The van der Waals surface area contributed by atoms with Gasteiger partial charge in [-0.2, -0.15) is 0 Å². The second-order valence-electron chi connectivity index (χ2n) is 6.67. The molecule has 0 aliphatic heterocycles. The number of phenols is 1. The zero-order valence-corrected chi connectivity index (χ0v) is 16.8. The van der Waals surface area contributed by atoms with Crippen LogP contribution < -0.4 is 9.62 Å². The van der Waals surface area contributed by atoms with Gasteiger partial charge >= 0.3 is 6.09 Å². The highest BCUT2D eigenvalue weighted by Crippen LogP contribution is 2.35. The summed E-state index contributed by atoms with van der Waals surface area (Å²) < 4.78 is 27.5. The van der Waals surface area contributed by atoms with E-state index in [1.165, 1.54) is 16.4 Å². The summed E-state index contributed by atoms with van der Waals surface area (Å²) in [7, 11) is -3.82. The molecule has 1 amide bonds. The number of nitrogens with zero attached hydrogens (tertiary/aromatic N) is 1. The minimum atomic E-state index is -3.82. The molecule has 0 aliphatic rings. The number of amides is 1. The molecule has 2 aromatic carbocycles. The van der Waals surface area contributed by atoms with Crippen molar-refractivity contribution in [1.29, 1.82) is 0 Å². The van der Waals surface area contributed by atoms with Gasteiger partial charge in [-0.1, -0.05) is 44.2 Å². The molecule has 3 N–H and O–H groups in total. The number of benzene rings is 2. The van der Waals surface area contributed by atoms with E-state index in [1.54, 1.807) is 36.4 Å². The van der Waals surface area contributed by atoms with Gasteiger partial charge in [0.1, 0.15) is 5.75 Å². The predicted octanol–water partition coefficient (Wildman–Crippen LogP) is 3.44. The van der Waals surface area contributed by atoms with Crippen LogP contribution in [0.3, 0.4) is 0 Å². The maximum Gasteiger partial charge on any atom is 0.404 e. The number of hydrogen-bond acceptors (Lipinski definition) is 4. The number of para-hydroxylation sites is 1. The largest absolute Gasteiger partial charge is 0.505 e. The first kappa shape index (κ1) is 21.6. The summed E-state index contributed by atoms with van der Waals surface area (Å²) in [5, 5.41) is 21.8. The van der Waals surface area contributed by atoms with Crippen LogP contribution in [0.15, 0.2) is 53.4 Å². The number of rotatable bonds is 9. The fourth-order valence-corrected chi connectivity index (χ4v) is 4.53. The van der Waals surface area contributed by atoms with Crippen LogP contribution >= 0.6 is 0 Å². The van der Waals surface area contributed by atoms with Crippen LogP contribution in [0, 0.1) is 5.92 Å². The molecule has 152 valence electrons. The predicted molar refractivity (Wildman–Crippen MR) is 108 cm³/mol. The molecule has 0 heterocycles. The molecular formula is C20H26N2O5S. The number of hydrogen-bond donors (Lipinski definition) is 3. The van der Waals surface area contributed by atoms with Crippen LogP contribution in [-0.2, 0) is 16.4 Å². The first-order valence-corrected chi connectivity index (χ1v) is 10.6. The summed E-state index contributed by atoms with van der Waals surface area (Å²) in [5.41, 5.74) is 0.795. The summed E-state index contributed by atoms with van der Waals surface area (Å²) in [4.78, 5) is 10.8. The van der Waals surface area contributed by atoms with Crippen LogP contribution in [0.2, 0.25) is 0 Å². The Morgan fingerprint density at radius 1 is 1.14 bits per heavy atom. The summed E-state index contributed by atoms with van der Waals surface area (Å²) in [6.07, 6.45) is -0.118. The summed E-state index contributed by atoms with van der Waals surface area (Å²) >= 11 is 0. The SMILES string of the molecule is CCCN(c1cccc(C[C@@H](C)CNC(=O)O)c1O)S(=O)(=O)c1ccccc1. The van der Waals surface area contributed by atoms with Crippen LogP contribution in [0.1, 0.15) is 25.8 Å². The van der Waals surface area contributed by atoms with E-state index in [0.717, 1.165) is 0 Å². The van der Waals surface area contributed by atoms with E-state index < -0.39 is 16.1 Å². The molecule has 0 saturated heterocycles. The highest BCUT2D eigenvalue weighted by Gasteiger charge is 2.27. The summed E-state index contributed by atoms with van der Waals surface area (Å²) in [6, 6.07) is 13.1. The van der Waals surface area contributed by atoms with Crippen molar-refractivity contribution in [1.82, 2.24) is 5.32 Å². The molecule has 7 nitrogen and oxygen atoms in total. The van der Waals surface area contributed by atoms with Gasteiger partial charge in [0, 0.05) is 13.1 Å². The molecule has 0 aliphatic carbocycles. The number of nitrogens with one attached hydrogen (secondary N) is 1. The minimum absolute atomic E-state index is 0.0670. The number of carboxylic acid groups (broad SMARTS) is 1. The van der Waals surface area contributed by atoms with Crippen LogP contribution in [0.5, 0.6) is 5.75 Å². The third-order valence-electron chi connectivity index (χ3n) is 4.30. The van der Waals surface area contributed by atoms with E-state index in [4.69, 9.17) is 5.11 Å². The lowest BCUT2D eigenvalue weighted by molar-refractivity contribution is 0.192. The number of anilines is 1. The molecule has 0 radical (unpaired) electrons. The topological polar surface area (TPSA) is 107 Å². The van der Waals surface area contributed by atoms with Crippen LogP contribution in [0.4, 0.5) is 10.5 Å². The summed E-state index contributed by atoms with van der Waals surface area (Å²) in [6.45, 7) is 4.19. The van der Waals surface area contributed by atoms with Crippen molar-refractivity contribution >= 4 is 21.8 Å². The van der Waals surface area contributed by atoms with Gasteiger partial charge in [-0.25, -0.2) is 13.2 Å². The van der Waals surface area contributed by atoms with Gasteiger partial charge in [-0.3, -0.25) is 4.31 Å². The van der Waals surface area contributed by atoms with E-state index in [-0.39, 0.29) is 35.3 Å². The van der Waals surface area contributed by atoms with Gasteiger partial charge in [-0.05, 0) is 42.5 Å². The van der Waals surface area contributed by atoms with E-state index in [0.29, 0.717) is 18.4 Å². The van der Waals surface area contributed by atoms with E-state index >= 15 is 0 Å². The third kappa shape index (κ3) is 5.16. The lowest BCUT2D eigenvalue weighted by atomic mass is 9.99. The van der Waals surface area contributed by atoms with Crippen molar-refractivity contribution in [3.05, 3.63) is 54.1 Å². The van der Waals surface area contributed by atoms with E-state index in [2.05, 4.69) is 5.32 Å². The zero-order chi connectivity index (χ0) is 20.7. The fourth-order valence-electron chi connectivity index (χ4n) is 2.95.